The highest BCUT2D eigenvalue weighted by atomic mass is 32.2. The molecule has 0 aromatic heterocycles. The monoisotopic (exact) mass is 258 g/mol. The van der Waals surface area contributed by atoms with Crippen molar-refractivity contribution in [3.05, 3.63) is 0 Å². The second-order valence-electron chi connectivity index (χ2n) is 5.05. The lowest BCUT2D eigenvalue weighted by Gasteiger charge is -2.40. The molecule has 0 amide bonds. The molecule has 2 rings (SSSR count). The van der Waals surface area contributed by atoms with Crippen molar-refractivity contribution in [1.82, 2.24) is 10.6 Å². The van der Waals surface area contributed by atoms with Gasteiger partial charge in [0.1, 0.15) is 0 Å². The standard InChI is InChI=1S/C12H22N2S2/c1-16-12(7-4-8-12)9-13-11(15)14-10-5-2-3-6-10/h10H,2-9H2,1H3,(H2,13,14,15). The van der Waals surface area contributed by atoms with E-state index in [-0.39, 0.29) is 0 Å². The van der Waals surface area contributed by atoms with E-state index >= 15 is 0 Å². The van der Waals surface area contributed by atoms with Crippen LogP contribution in [-0.4, -0.2) is 28.7 Å². The number of hydrogen-bond donors (Lipinski definition) is 2. The number of thioether (sulfide) groups is 1. The van der Waals surface area contributed by atoms with Gasteiger partial charge in [-0.25, -0.2) is 0 Å². The van der Waals surface area contributed by atoms with Crippen molar-refractivity contribution in [3.63, 3.8) is 0 Å². The minimum absolute atomic E-state index is 0.474. The molecule has 0 bridgehead atoms. The summed E-state index contributed by atoms with van der Waals surface area (Å²) in [5, 5.41) is 7.71. The Hall–Kier alpha value is 0.0400. The third-order valence-electron chi connectivity index (χ3n) is 3.96. The summed E-state index contributed by atoms with van der Waals surface area (Å²) < 4.78 is 0.474. The van der Waals surface area contributed by atoms with Crippen LogP contribution in [0, 0.1) is 0 Å². The van der Waals surface area contributed by atoms with Gasteiger partial charge in [0.2, 0.25) is 0 Å². The molecule has 92 valence electrons. The van der Waals surface area contributed by atoms with E-state index in [1.54, 1.807) is 0 Å². The molecule has 16 heavy (non-hydrogen) atoms. The Bertz CT molecular complexity index is 240. The van der Waals surface area contributed by atoms with Crippen LogP contribution in [0.1, 0.15) is 44.9 Å². The SMILES string of the molecule is CSC1(CNC(=S)NC2CCCC2)CCC1. The predicted molar refractivity (Wildman–Crippen MR) is 76.1 cm³/mol. The Kier molecular flexibility index (Phi) is 4.36. The van der Waals surface area contributed by atoms with E-state index in [1.807, 2.05) is 11.8 Å². The number of nitrogens with one attached hydrogen (secondary N) is 2. The van der Waals surface area contributed by atoms with Gasteiger partial charge in [0, 0.05) is 17.3 Å². The van der Waals surface area contributed by atoms with Crippen molar-refractivity contribution in [2.24, 2.45) is 0 Å². The summed E-state index contributed by atoms with van der Waals surface area (Å²) in [6, 6.07) is 0.631. The molecule has 2 nitrogen and oxygen atoms in total. The van der Waals surface area contributed by atoms with E-state index in [0.717, 1.165) is 11.7 Å². The van der Waals surface area contributed by atoms with Crippen LogP contribution in [0.2, 0.25) is 0 Å². The van der Waals surface area contributed by atoms with Crippen LogP contribution in [0.3, 0.4) is 0 Å². The molecule has 4 heteroatoms. The summed E-state index contributed by atoms with van der Waals surface area (Å²) in [6.45, 7) is 1.03. The summed E-state index contributed by atoms with van der Waals surface area (Å²) in [6.07, 6.45) is 11.6. The largest absolute Gasteiger partial charge is 0.361 e. The molecular formula is C12H22N2S2. The first kappa shape index (κ1) is 12.5. The van der Waals surface area contributed by atoms with Crippen LogP contribution < -0.4 is 10.6 Å². The number of thiocarbonyl (C=S) groups is 1. The first-order valence-electron chi connectivity index (χ1n) is 6.34. The maximum absolute atomic E-state index is 5.35. The zero-order valence-corrected chi connectivity index (χ0v) is 11.7. The number of rotatable bonds is 4. The highest BCUT2D eigenvalue weighted by Crippen LogP contribution is 2.42. The molecule has 0 aromatic carbocycles. The van der Waals surface area contributed by atoms with E-state index in [2.05, 4.69) is 16.9 Å². The van der Waals surface area contributed by atoms with Gasteiger partial charge in [0.25, 0.3) is 0 Å². The second kappa shape index (κ2) is 5.58. The number of hydrogen-bond acceptors (Lipinski definition) is 2. The Morgan fingerprint density at radius 1 is 1.31 bits per heavy atom. The highest BCUT2D eigenvalue weighted by Gasteiger charge is 2.36. The van der Waals surface area contributed by atoms with Crippen molar-refractivity contribution in [1.29, 1.82) is 0 Å². The molecule has 0 heterocycles. The maximum atomic E-state index is 5.35. The third-order valence-corrected chi connectivity index (χ3v) is 5.64. The lowest BCUT2D eigenvalue weighted by molar-refractivity contribution is 0.360. The van der Waals surface area contributed by atoms with E-state index < -0.39 is 0 Å². The van der Waals surface area contributed by atoms with Gasteiger partial charge >= 0.3 is 0 Å². The molecule has 0 saturated heterocycles. The van der Waals surface area contributed by atoms with E-state index in [9.17, 15) is 0 Å². The molecule has 2 fully saturated rings. The lowest BCUT2D eigenvalue weighted by atomic mass is 9.84. The molecule has 0 unspecified atom stereocenters. The van der Waals surface area contributed by atoms with Gasteiger partial charge in [-0.15, -0.1) is 0 Å². The molecule has 0 atom stereocenters. The topological polar surface area (TPSA) is 24.1 Å². The average Bonchev–Trinajstić information content (AvgIpc) is 2.69. The highest BCUT2D eigenvalue weighted by molar-refractivity contribution is 8.00. The van der Waals surface area contributed by atoms with Gasteiger partial charge in [-0.1, -0.05) is 19.3 Å². The molecule has 2 aliphatic rings. The molecule has 2 N–H and O–H groups in total. The van der Waals surface area contributed by atoms with Gasteiger partial charge in [0.05, 0.1) is 0 Å². The van der Waals surface area contributed by atoms with Crippen molar-refractivity contribution in [3.8, 4) is 0 Å². The summed E-state index contributed by atoms with van der Waals surface area (Å²) in [5.41, 5.74) is 0. The van der Waals surface area contributed by atoms with Crippen molar-refractivity contribution in [2.45, 2.75) is 55.7 Å². The maximum Gasteiger partial charge on any atom is 0.166 e. The van der Waals surface area contributed by atoms with E-state index in [1.165, 1.54) is 44.9 Å². The first-order chi connectivity index (χ1) is 7.74. The first-order valence-corrected chi connectivity index (χ1v) is 7.97. The minimum atomic E-state index is 0.474. The van der Waals surface area contributed by atoms with Crippen LogP contribution in [0.25, 0.3) is 0 Å². The van der Waals surface area contributed by atoms with Crippen molar-refractivity contribution in [2.75, 3.05) is 12.8 Å². The van der Waals surface area contributed by atoms with E-state index in [0.29, 0.717) is 10.8 Å². The summed E-state index contributed by atoms with van der Waals surface area (Å²) in [7, 11) is 0. The van der Waals surface area contributed by atoms with Gasteiger partial charge in [0.15, 0.2) is 5.11 Å². The lowest BCUT2D eigenvalue weighted by Crippen LogP contribution is -2.49. The predicted octanol–water partition coefficient (Wildman–Crippen LogP) is 2.68. The summed E-state index contributed by atoms with van der Waals surface area (Å²) >= 11 is 7.34. The van der Waals surface area contributed by atoms with Crippen LogP contribution in [0.5, 0.6) is 0 Å². The van der Waals surface area contributed by atoms with Crippen molar-refractivity contribution >= 4 is 29.1 Å². The Labute approximate surface area is 108 Å². The normalized spacial score (nSPS) is 23.8. The second-order valence-corrected chi connectivity index (χ2v) is 6.73. The summed E-state index contributed by atoms with van der Waals surface area (Å²) in [4.78, 5) is 0. The molecule has 2 saturated carbocycles. The quantitative estimate of drug-likeness (QED) is 0.757. The van der Waals surface area contributed by atoms with Crippen LogP contribution >= 0.6 is 24.0 Å². The fraction of sp³-hybridized carbons (Fsp3) is 0.917. The molecule has 0 spiro atoms. The zero-order valence-electron chi connectivity index (χ0n) is 10.1. The van der Waals surface area contributed by atoms with Crippen molar-refractivity contribution < 1.29 is 0 Å². The smallest absolute Gasteiger partial charge is 0.166 e. The van der Waals surface area contributed by atoms with Crippen LogP contribution in [0.15, 0.2) is 0 Å². The van der Waals surface area contributed by atoms with Gasteiger partial charge in [-0.3, -0.25) is 0 Å². The average molecular weight is 258 g/mol. The third kappa shape index (κ3) is 3.04. The Morgan fingerprint density at radius 3 is 2.50 bits per heavy atom. The Morgan fingerprint density at radius 2 is 2.00 bits per heavy atom. The molecule has 0 radical (unpaired) electrons. The molecule has 2 aliphatic carbocycles. The van der Waals surface area contributed by atoms with Crippen LogP contribution in [0.4, 0.5) is 0 Å². The minimum Gasteiger partial charge on any atom is -0.361 e. The fourth-order valence-corrected chi connectivity index (χ4v) is 3.72. The molecular weight excluding hydrogens is 236 g/mol. The zero-order chi connectivity index (χ0) is 11.4. The van der Waals surface area contributed by atoms with Gasteiger partial charge < -0.3 is 10.6 Å². The van der Waals surface area contributed by atoms with E-state index in [4.69, 9.17) is 12.2 Å². The molecule has 0 aliphatic heterocycles. The Balaban J connectivity index is 1.66. The fourth-order valence-electron chi connectivity index (χ4n) is 2.57. The van der Waals surface area contributed by atoms with Gasteiger partial charge in [-0.2, -0.15) is 11.8 Å². The van der Waals surface area contributed by atoms with Gasteiger partial charge in [-0.05, 0) is 44.2 Å². The molecule has 0 aromatic rings. The van der Waals surface area contributed by atoms with Crippen LogP contribution in [-0.2, 0) is 0 Å². The summed E-state index contributed by atoms with van der Waals surface area (Å²) in [5.74, 6) is 0.